The van der Waals surface area contributed by atoms with E-state index in [-0.39, 0.29) is 11.4 Å². The lowest BCUT2D eigenvalue weighted by Gasteiger charge is -2.11. The van der Waals surface area contributed by atoms with Crippen LogP contribution in [0.2, 0.25) is 0 Å². The van der Waals surface area contributed by atoms with E-state index in [0.717, 1.165) is 21.7 Å². The average Bonchev–Trinajstić information content (AvgIpc) is 3.37. The summed E-state index contributed by atoms with van der Waals surface area (Å²) in [4.78, 5) is 22.0. The van der Waals surface area contributed by atoms with Crippen molar-refractivity contribution in [3.05, 3.63) is 92.6 Å². The van der Waals surface area contributed by atoms with Crippen molar-refractivity contribution in [2.75, 3.05) is 0 Å². The first-order chi connectivity index (χ1) is 16.5. The summed E-state index contributed by atoms with van der Waals surface area (Å²) in [6.45, 7) is 4.53. The van der Waals surface area contributed by atoms with Gasteiger partial charge in [-0.15, -0.1) is 21.5 Å². The Kier molecular flexibility index (Phi) is 6.30. The molecule has 5 rings (SSSR count). The van der Waals surface area contributed by atoms with E-state index in [1.165, 1.54) is 34.7 Å². The molecule has 0 aliphatic heterocycles. The number of thioether (sulfide) groups is 1. The van der Waals surface area contributed by atoms with Crippen molar-refractivity contribution >= 4 is 33.3 Å². The first-order valence-corrected chi connectivity index (χ1v) is 12.6. The maximum Gasteiger partial charge on any atom is 0.259 e. The van der Waals surface area contributed by atoms with Crippen LogP contribution in [0.3, 0.4) is 0 Å². The van der Waals surface area contributed by atoms with Crippen molar-refractivity contribution < 1.29 is 4.39 Å². The van der Waals surface area contributed by atoms with Crippen LogP contribution in [0.25, 0.3) is 21.6 Å². The molecule has 0 atom stereocenters. The van der Waals surface area contributed by atoms with Gasteiger partial charge in [0, 0.05) is 11.4 Å². The number of aromatic nitrogens is 5. The summed E-state index contributed by atoms with van der Waals surface area (Å²) >= 11 is 2.95. The molecule has 0 aliphatic carbocycles. The van der Waals surface area contributed by atoms with Crippen molar-refractivity contribution in [2.45, 2.75) is 37.7 Å². The molecule has 6 nitrogen and oxygen atoms in total. The molecular weight excluding hydrogens is 469 g/mol. The number of hydrogen-bond donors (Lipinski definition) is 1. The Balaban J connectivity index is 1.45. The third-order valence-electron chi connectivity index (χ3n) is 5.72. The van der Waals surface area contributed by atoms with Gasteiger partial charge in [0.2, 0.25) is 0 Å². The fourth-order valence-electron chi connectivity index (χ4n) is 3.82. The molecule has 0 saturated carbocycles. The summed E-state index contributed by atoms with van der Waals surface area (Å²) < 4.78 is 16.5. The summed E-state index contributed by atoms with van der Waals surface area (Å²) in [7, 11) is 0. The normalized spacial score (nSPS) is 11.4. The van der Waals surface area contributed by atoms with Gasteiger partial charge in [0.25, 0.3) is 5.56 Å². The van der Waals surface area contributed by atoms with Crippen LogP contribution in [0.5, 0.6) is 0 Å². The van der Waals surface area contributed by atoms with Gasteiger partial charge in [-0.25, -0.2) is 9.37 Å². The smallest absolute Gasteiger partial charge is 0.259 e. The van der Waals surface area contributed by atoms with Gasteiger partial charge in [-0.05, 0) is 43.5 Å². The Bertz CT molecular complexity index is 1520. The molecule has 9 heteroatoms. The number of halogens is 1. The number of fused-ring (bicyclic) bond motifs is 1. The minimum atomic E-state index is -0.340. The second-order valence-electron chi connectivity index (χ2n) is 7.94. The zero-order valence-corrected chi connectivity index (χ0v) is 20.3. The van der Waals surface area contributed by atoms with E-state index in [4.69, 9.17) is 0 Å². The maximum atomic E-state index is 14.6. The molecule has 0 bridgehead atoms. The molecule has 3 aromatic heterocycles. The highest BCUT2D eigenvalue weighted by Gasteiger charge is 2.18. The number of rotatable bonds is 7. The molecule has 3 heterocycles. The van der Waals surface area contributed by atoms with Crippen LogP contribution in [-0.4, -0.2) is 24.7 Å². The number of H-pyrrole nitrogens is 1. The number of nitrogens with one attached hydrogen (secondary N) is 1. The van der Waals surface area contributed by atoms with Crippen molar-refractivity contribution in [3.63, 3.8) is 0 Å². The number of nitrogens with zero attached hydrogens (tertiary/aromatic N) is 4. The standard InChI is InChI=1S/C25H22FN5OS2/c1-15-16(2)34-24-21(15)23(32)27-20(28-24)14-33-25-30-29-22(18-10-6-7-11-19(18)26)31(25)13-12-17-8-4-3-5-9-17/h3-11H,12-14H2,1-2H3,(H,27,28,32). The van der Waals surface area contributed by atoms with Crippen LogP contribution < -0.4 is 5.56 Å². The van der Waals surface area contributed by atoms with Crippen LogP contribution >= 0.6 is 23.1 Å². The quantitative estimate of drug-likeness (QED) is 0.303. The first-order valence-electron chi connectivity index (χ1n) is 10.8. The molecule has 172 valence electrons. The summed E-state index contributed by atoms with van der Waals surface area (Å²) in [6, 6.07) is 16.7. The van der Waals surface area contributed by atoms with Crippen LogP contribution in [0, 0.1) is 19.7 Å². The van der Waals surface area contributed by atoms with Gasteiger partial charge in [0.15, 0.2) is 11.0 Å². The van der Waals surface area contributed by atoms with Crippen molar-refractivity contribution in [1.29, 1.82) is 0 Å². The molecule has 34 heavy (non-hydrogen) atoms. The van der Waals surface area contributed by atoms with Gasteiger partial charge in [0.05, 0.1) is 16.7 Å². The molecule has 2 aromatic carbocycles. The Morgan fingerprint density at radius 2 is 1.82 bits per heavy atom. The molecule has 0 saturated heterocycles. The highest BCUT2D eigenvalue weighted by molar-refractivity contribution is 7.98. The molecule has 0 spiro atoms. The minimum absolute atomic E-state index is 0.125. The molecule has 1 N–H and O–H groups in total. The topological polar surface area (TPSA) is 76.5 Å². The monoisotopic (exact) mass is 491 g/mol. The highest BCUT2D eigenvalue weighted by atomic mass is 32.2. The van der Waals surface area contributed by atoms with Gasteiger partial charge >= 0.3 is 0 Å². The Hall–Kier alpha value is -3.30. The van der Waals surface area contributed by atoms with E-state index in [0.29, 0.717) is 40.1 Å². The summed E-state index contributed by atoms with van der Waals surface area (Å²) in [5.41, 5.74) is 2.43. The predicted molar refractivity (Wildman–Crippen MR) is 135 cm³/mol. The Labute approximate surface area is 203 Å². The number of hydrogen-bond acceptors (Lipinski definition) is 6. The SMILES string of the molecule is Cc1sc2nc(CSc3nnc(-c4ccccc4F)n3CCc3ccccc3)[nH]c(=O)c2c1C. The second kappa shape index (κ2) is 9.52. The lowest BCUT2D eigenvalue weighted by molar-refractivity contribution is 0.616. The summed E-state index contributed by atoms with van der Waals surface area (Å²) in [5.74, 6) is 1.14. The lowest BCUT2D eigenvalue weighted by Crippen LogP contribution is -2.11. The van der Waals surface area contributed by atoms with Gasteiger partial charge in [0.1, 0.15) is 16.5 Å². The second-order valence-corrected chi connectivity index (χ2v) is 10.1. The van der Waals surface area contributed by atoms with Crippen LogP contribution in [-0.2, 0) is 18.7 Å². The molecule has 0 amide bonds. The Morgan fingerprint density at radius 3 is 2.62 bits per heavy atom. The van der Waals surface area contributed by atoms with E-state index < -0.39 is 0 Å². The minimum Gasteiger partial charge on any atom is -0.309 e. The first kappa shape index (κ1) is 22.5. The van der Waals surface area contributed by atoms with Crippen molar-refractivity contribution in [3.8, 4) is 11.4 Å². The van der Waals surface area contributed by atoms with Crippen LogP contribution in [0.1, 0.15) is 21.8 Å². The maximum absolute atomic E-state index is 14.6. The van der Waals surface area contributed by atoms with Gasteiger partial charge in [-0.3, -0.25) is 4.79 Å². The van der Waals surface area contributed by atoms with Crippen molar-refractivity contribution in [1.82, 2.24) is 24.7 Å². The van der Waals surface area contributed by atoms with Gasteiger partial charge < -0.3 is 9.55 Å². The van der Waals surface area contributed by atoms with E-state index in [1.807, 2.05) is 36.6 Å². The molecule has 0 fully saturated rings. The Morgan fingerprint density at radius 1 is 1.06 bits per heavy atom. The molecule has 0 unspecified atom stereocenters. The number of aromatic amines is 1. The predicted octanol–water partition coefficient (Wildman–Crippen LogP) is 5.53. The molecule has 0 aliphatic rings. The van der Waals surface area contributed by atoms with E-state index >= 15 is 0 Å². The van der Waals surface area contributed by atoms with E-state index in [1.54, 1.807) is 18.2 Å². The zero-order chi connectivity index (χ0) is 23.7. The van der Waals surface area contributed by atoms with E-state index in [9.17, 15) is 9.18 Å². The molecular formula is C25H22FN5OS2. The van der Waals surface area contributed by atoms with Crippen LogP contribution in [0.15, 0.2) is 64.5 Å². The third-order valence-corrected chi connectivity index (χ3v) is 7.80. The highest BCUT2D eigenvalue weighted by Crippen LogP contribution is 2.29. The van der Waals surface area contributed by atoms with E-state index in [2.05, 4.69) is 32.3 Å². The van der Waals surface area contributed by atoms with Crippen molar-refractivity contribution in [2.24, 2.45) is 0 Å². The van der Waals surface area contributed by atoms with Gasteiger partial charge in [-0.2, -0.15) is 0 Å². The van der Waals surface area contributed by atoms with Gasteiger partial charge in [-0.1, -0.05) is 54.2 Å². The fourth-order valence-corrected chi connectivity index (χ4v) is 5.71. The lowest BCUT2D eigenvalue weighted by atomic mass is 10.1. The molecule has 0 radical (unpaired) electrons. The summed E-state index contributed by atoms with van der Waals surface area (Å²) in [5, 5.41) is 9.98. The van der Waals surface area contributed by atoms with Crippen LogP contribution in [0.4, 0.5) is 4.39 Å². The number of benzene rings is 2. The number of thiophene rings is 1. The fraction of sp³-hybridized carbons (Fsp3) is 0.200. The number of aryl methyl sites for hydroxylation is 3. The third kappa shape index (κ3) is 4.41. The molecule has 5 aromatic rings. The summed E-state index contributed by atoms with van der Waals surface area (Å²) in [6.07, 6.45) is 0.753. The largest absolute Gasteiger partial charge is 0.309 e. The zero-order valence-electron chi connectivity index (χ0n) is 18.7. The average molecular weight is 492 g/mol.